The van der Waals surface area contributed by atoms with Crippen LogP contribution >= 0.6 is 11.5 Å². The second kappa shape index (κ2) is 3.71. The van der Waals surface area contributed by atoms with E-state index in [1.54, 1.807) is 23.3 Å². The van der Waals surface area contributed by atoms with Crippen molar-refractivity contribution in [2.75, 3.05) is 0 Å². The Morgan fingerprint density at radius 2 is 2.50 bits per heavy atom. The van der Waals surface area contributed by atoms with Crippen molar-refractivity contribution >= 4 is 17.3 Å². The van der Waals surface area contributed by atoms with E-state index in [1.807, 2.05) is 13.1 Å². The summed E-state index contributed by atoms with van der Waals surface area (Å²) in [6, 6.07) is 1.85. The highest BCUT2D eigenvalue weighted by Crippen LogP contribution is 2.08. The molecule has 0 unspecified atom stereocenters. The molecule has 0 radical (unpaired) electrons. The number of aromatic nitrogens is 3. The zero-order chi connectivity index (χ0) is 9.97. The summed E-state index contributed by atoms with van der Waals surface area (Å²) in [6.07, 6.45) is 5.44. The normalized spacial score (nSPS) is 10.4. The van der Waals surface area contributed by atoms with Crippen LogP contribution in [-0.4, -0.2) is 19.7 Å². The van der Waals surface area contributed by atoms with E-state index in [9.17, 15) is 4.79 Å². The summed E-state index contributed by atoms with van der Waals surface area (Å²) in [5.41, 5.74) is 0.515. The summed E-state index contributed by atoms with van der Waals surface area (Å²) in [7, 11) is 1.84. The lowest BCUT2D eigenvalue weighted by Crippen LogP contribution is -2.02. The first-order valence-electron chi connectivity index (χ1n) is 4.16. The molecule has 2 aromatic rings. The Labute approximate surface area is 85.4 Å². The van der Waals surface area contributed by atoms with E-state index in [-0.39, 0.29) is 5.78 Å². The van der Waals surface area contributed by atoms with Crippen molar-refractivity contribution in [3.63, 3.8) is 0 Å². The molecule has 5 heteroatoms. The van der Waals surface area contributed by atoms with Gasteiger partial charge >= 0.3 is 0 Å². The van der Waals surface area contributed by atoms with E-state index in [0.29, 0.717) is 12.1 Å². The van der Waals surface area contributed by atoms with E-state index in [2.05, 4.69) is 9.36 Å². The van der Waals surface area contributed by atoms with E-state index < -0.39 is 0 Å². The lowest BCUT2D eigenvalue weighted by Gasteiger charge is -1.92. The Hall–Kier alpha value is -1.49. The molecule has 0 aliphatic rings. The summed E-state index contributed by atoms with van der Waals surface area (Å²) in [5, 5.41) is 0. The number of ketones is 1. The van der Waals surface area contributed by atoms with Crippen molar-refractivity contribution in [2.24, 2.45) is 7.05 Å². The molecule has 2 heterocycles. The van der Waals surface area contributed by atoms with Crippen LogP contribution in [-0.2, 0) is 13.5 Å². The van der Waals surface area contributed by atoms with Gasteiger partial charge in [0.15, 0.2) is 5.78 Å². The smallest absolute Gasteiger partial charge is 0.187 e. The molecule has 0 aromatic carbocycles. The molecule has 0 aliphatic heterocycles. The van der Waals surface area contributed by atoms with Gasteiger partial charge in [0, 0.05) is 30.7 Å². The molecule has 0 spiro atoms. The van der Waals surface area contributed by atoms with E-state index in [0.717, 1.165) is 4.88 Å². The van der Waals surface area contributed by atoms with Gasteiger partial charge in [-0.25, -0.2) is 9.36 Å². The Morgan fingerprint density at radius 3 is 3.07 bits per heavy atom. The molecule has 0 saturated carbocycles. The molecule has 2 aromatic heterocycles. The molecule has 0 N–H and O–H groups in total. The maximum Gasteiger partial charge on any atom is 0.187 e. The number of imidazole rings is 1. The largest absolute Gasteiger partial charge is 0.340 e. The van der Waals surface area contributed by atoms with E-state index in [4.69, 9.17) is 0 Å². The van der Waals surface area contributed by atoms with Gasteiger partial charge in [0.25, 0.3) is 0 Å². The molecule has 0 aliphatic carbocycles. The van der Waals surface area contributed by atoms with Crippen molar-refractivity contribution in [2.45, 2.75) is 6.42 Å². The van der Waals surface area contributed by atoms with Gasteiger partial charge in [-0.2, -0.15) is 0 Å². The molecule has 0 saturated heterocycles. The minimum absolute atomic E-state index is 0.0369. The zero-order valence-electron chi connectivity index (χ0n) is 7.67. The molecule has 0 amide bonds. The summed E-state index contributed by atoms with van der Waals surface area (Å²) in [4.78, 5) is 16.6. The predicted octanol–water partition coefficient (Wildman–Crippen LogP) is 1.30. The number of rotatable bonds is 3. The highest BCUT2D eigenvalue weighted by Gasteiger charge is 2.10. The number of hydrogen-bond donors (Lipinski definition) is 0. The third-order valence-corrected chi connectivity index (χ3v) is 2.56. The van der Waals surface area contributed by atoms with Crippen molar-refractivity contribution in [3.05, 3.63) is 35.4 Å². The second-order valence-electron chi connectivity index (χ2n) is 3.00. The third kappa shape index (κ3) is 1.88. The number of aryl methyl sites for hydroxylation is 1. The van der Waals surface area contributed by atoms with Crippen molar-refractivity contribution in [1.82, 2.24) is 13.9 Å². The lowest BCUT2D eigenvalue weighted by atomic mass is 10.2. The Bertz CT molecular complexity index is 433. The number of carbonyl (C=O) groups is 1. The average Bonchev–Trinajstić information content (AvgIpc) is 2.75. The minimum atomic E-state index is 0.0369. The number of carbonyl (C=O) groups excluding carboxylic acids is 1. The van der Waals surface area contributed by atoms with Crippen molar-refractivity contribution < 1.29 is 4.79 Å². The summed E-state index contributed by atoms with van der Waals surface area (Å²) >= 11 is 1.35. The molecule has 0 fully saturated rings. The van der Waals surface area contributed by atoms with Gasteiger partial charge in [-0.15, -0.1) is 0 Å². The van der Waals surface area contributed by atoms with Gasteiger partial charge < -0.3 is 4.57 Å². The number of nitrogens with zero attached hydrogens (tertiary/aromatic N) is 3. The number of hydrogen-bond acceptors (Lipinski definition) is 4. The summed E-state index contributed by atoms with van der Waals surface area (Å²) in [6.45, 7) is 0. The van der Waals surface area contributed by atoms with Crippen molar-refractivity contribution in [3.8, 4) is 0 Å². The monoisotopic (exact) mass is 207 g/mol. The van der Waals surface area contributed by atoms with Crippen LogP contribution in [0, 0.1) is 0 Å². The highest BCUT2D eigenvalue weighted by atomic mass is 32.1. The maximum atomic E-state index is 11.6. The Balaban J connectivity index is 2.10. The van der Waals surface area contributed by atoms with Gasteiger partial charge in [0.05, 0.1) is 6.33 Å². The molecule has 72 valence electrons. The molecule has 14 heavy (non-hydrogen) atoms. The molecular weight excluding hydrogens is 198 g/mol. The Kier molecular flexibility index (Phi) is 2.41. The predicted molar refractivity (Wildman–Crippen MR) is 53.4 cm³/mol. The molecular formula is C9H9N3OS. The molecule has 4 nitrogen and oxygen atoms in total. The standard InChI is InChI=1S/C9H9N3OS/c1-12-5-8(10-6-12)9(13)4-7-2-3-11-14-7/h2-3,5-6H,4H2,1H3. The summed E-state index contributed by atoms with van der Waals surface area (Å²) < 4.78 is 5.70. The van der Waals surface area contributed by atoms with Crippen molar-refractivity contribution in [1.29, 1.82) is 0 Å². The quantitative estimate of drug-likeness (QED) is 0.713. The zero-order valence-corrected chi connectivity index (χ0v) is 8.49. The molecule has 2 rings (SSSR count). The van der Waals surface area contributed by atoms with E-state index in [1.165, 1.54) is 11.5 Å². The second-order valence-corrected chi connectivity index (χ2v) is 3.92. The third-order valence-electron chi connectivity index (χ3n) is 1.82. The van der Waals surface area contributed by atoms with Crippen LogP contribution in [0.2, 0.25) is 0 Å². The van der Waals surface area contributed by atoms with Gasteiger partial charge in [-0.1, -0.05) is 0 Å². The molecule has 0 bridgehead atoms. The van der Waals surface area contributed by atoms with Crippen LogP contribution in [0.1, 0.15) is 15.4 Å². The minimum Gasteiger partial charge on any atom is -0.340 e. The highest BCUT2D eigenvalue weighted by molar-refractivity contribution is 7.05. The van der Waals surface area contributed by atoms with Gasteiger partial charge in [0.1, 0.15) is 5.69 Å². The maximum absolute atomic E-state index is 11.6. The van der Waals surface area contributed by atoms with Crippen LogP contribution < -0.4 is 0 Å². The van der Waals surface area contributed by atoms with Crippen LogP contribution in [0.4, 0.5) is 0 Å². The van der Waals surface area contributed by atoms with E-state index >= 15 is 0 Å². The fraction of sp³-hybridized carbons (Fsp3) is 0.222. The van der Waals surface area contributed by atoms with Gasteiger partial charge in [-0.3, -0.25) is 4.79 Å². The first kappa shape index (κ1) is 9.08. The van der Waals surface area contributed by atoms with Crippen LogP contribution in [0.15, 0.2) is 24.8 Å². The van der Waals surface area contributed by atoms with Crippen LogP contribution in [0.25, 0.3) is 0 Å². The van der Waals surface area contributed by atoms with Crippen LogP contribution in [0.5, 0.6) is 0 Å². The Morgan fingerprint density at radius 1 is 1.64 bits per heavy atom. The van der Waals surface area contributed by atoms with Crippen LogP contribution in [0.3, 0.4) is 0 Å². The fourth-order valence-electron chi connectivity index (χ4n) is 1.14. The first-order chi connectivity index (χ1) is 6.75. The lowest BCUT2D eigenvalue weighted by molar-refractivity contribution is 0.0989. The number of Topliss-reactive ketones (excluding diaryl/α,β-unsaturated/α-hetero) is 1. The first-order valence-corrected chi connectivity index (χ1v) is 4.94. The van der Waals surface area contributed by atoms with Gasteiger partial charge in [0.2, 0.25) is 0 Å². The van der Waals surface area contributed by atoms with Gasteiger partial charge in [-0.05, 0) is 17.6 Å². The SMILES string of the molecule is Cn1cnc(C(=O)Cc2ccns2)c1. The topological polar surface area (TPSA) is 47.8 Å². The average molecular weight is 207 g/mol. The summed E-state index contributed by atoms with van der Waals surface area (Å²) in [5.74, 6) is 0.0369. The molecule has 0 atom stereocenters. The fourth-order valence-corrected chi connectivity index (χ4v) is 1.71.